The van der Waals surface area contributed by atoms with Gasteiger partial charge in [0.1, 0.15) is 23.9 Å². The number of hydrogen-bond acceptors (Lipinski definition) is 12. The largest absolute Gasteiger partial charge is 0.456 e. The van der Waals surface area contributed by atoms with E-state index in [0.717, 1.165) is 0 Å². The lowest BCUT2D eigenvalue weighted by molar-refractivity contribution is -0.277. The first-order chi connectivity index (χ1) is 22.6. The monoisotopic (exact) mass is 672 g/mol. The molecule has 4 heterocycles. The predicted molar refractivity (Wildman–Crippen MR) is 172 cm³/mol. The highest BCUT2D eigenvalue weighted by molar-refractivity contribution is 5.86. The van der Waals surface area contributed by atoms with Crippen LogP contribution < -0.4 is 0 Å². The Labute approximate surface area is 280 Å². The Morgan fingerprint density at radius 3 is 2.58 bits per heavy atom. The SMILES string of the molecule is COC12C=CC(C)(O1)C(OC(=O)C=Cc1cn(C)cn1)CC1C(C=C2COC2OCC(O)C(O)C2OC(C)=O)C(C(C)C)C=CC1(C)O. The number of nitrogens with zero attached hydrogens (tertiary/aromatic N) is 2. The topological polar surface area (TPSA) is 168 Å². The third kappa shape index (κ3) is 7.37. The van der Waals surface area contributed by atoms with Gasteiger partial charge in [-0.2, -0.15) is 0 Å². The number of hydrogen-bond donors (Lipinski definition) is 3. The van der Waals surface area contributed by atoms with E-state index in [4.69, 9.17) is 28.4 Å². The number of ether oxygens (including phenoxy) is 6. The maximum absolute atomic E-state index is 13.3. The van der Waals surface area contributed by atoms with E-state index < -0.39 is 65.6 Å². The lowest BCUT2D eigenvalue weighted by atomic mass is 9.63. The molecule has 0 amide bonds. The zero-order valence-corrected chi connectivity index (χ0v) is 28.5. The molecule has 1 aromatic heterocycles. The number of esters is 2. The van der Waals surface area contributed by atoms with Crippen molar-refractivity contribution in [1.82, 2.24) is 9.55 Å². The number of aliphatic hydroxyl groups is 3. The highest BCUT2D eigenvalue weighted by atomic mass is 16.7. The summed E-state index contributed by atoms with van der Waals surface area (Å²) in [5, 5.41) is 32.6. The molecule has 0 spiro atoms. The van der Waals surface area contributed by atoms with Crippen molar-refractivity contribution in [2.24, 2.45) is 30.7 Å². The van der Waals surface area contributed by atoms with Crippen LogP contribution in [0, 0.1) is 23.7 Å². The summed E-state index contributed by atoms with van der Waals surface area (Å²) < 4.78 is 37.8. The maximum atomic E-state index is 13.3. The Bertz CT molecular complexity index is 1460. The fourth-order valence-corrected chi connectivity index (χ4v) is 7.14. The molecule has 0 radical (unpaired) electrons. The zero-order chi connectivity index (χ0) is 35.0. The van der Waals surface area contributed by atoms with Gasteiger partial charge in [-0.3, -0.25) is 4.79 Å². The molecule has 11 unspecified atom stereocenters. The molecule has 0 saturated carbocycles. The van der Waals surface area contributed by atoms with Gasteiger partial charge in [0.15, 0.2) is 12.4 Å². The second-order valence-corrected chi connectivity index (χ2v) is 13.9. The minimum absolute atomic E-state index is 0.0235. The van der Waals surface area contributed by atoms with Crippen molar-refractivity contribution in [3.05, 3.63) is 60.2 Å². The van der Waals surface area contributed by atoms with Crippen LogP contribution in [0.25, 0.3) is 6.08 Å². The number of allylic oxidation sites excluding steroid dienone is 2. The summed E-state index contributed by atoms with van der Waals surface area (Å²) in [6, 6.07) is 0. The summed E-state index contributed by atoms with van der Waals surface area (Å²) in [4.78, 5) is 29.4. The molecule has 2 bridgehead atoms. The normalized spacial score (nSPS) is 39.4. The highest BCUT2D eigenvalue weighted by Gasteiger charge is 2.55. The number of rotatable bonds is 9. The zero-order valence-electron chi connectivity index (χ0n) is 28.5. The number of aliphatic hydroxyl groups excluding tert-OH is 2. The van der Waals surface area contributed by atoms with E-state index in [1.807, 2.05) is 25.3 Å². The first kappa shape index (κ1) is 36.1. The summed E-state index contributed by atoms with van der Waals surface area (Å²) in [6.45, 7) is 8.55. The van der Waals surface area contributed by atoms with E-state index in [1.165, 1.54) is 20.1 Å². The van der Waals surface area contributed by atoms with Crippen molar-refractivity contribution >= 4 is 18.0 Å². The van der Waals surface area contributed by atoms with Gasteiger partial charge in [0, 0.05) is 44.8 Å². The van der Waals surface area contributed by atoms with E-state index in [9.17, 15) is 24.9 Å². The van der Waals surface area contributed by atoms with Gasteiger partial charge in [-0.1, -0.05) is 32.1 Å². The molecular weight excluding hydrogens is 624 g/mol. The molecule has 3 aliphatic heterocycles. The van der Waals surface area contributed by atoms with Crippen LogP contribution >= 0.6 is 0 Å². The second-order valence-electron chi connectivity index (χ2n) is 13.9. The van der Waals surface area contributed by atoms with E-state index >= 15 is 0 Å². The molecule has 13 nitrogen and oxygen atoms in total. The van der Waals surface area contributed by atoms with Crippen molar-refractivity contribution < 1.29 is 53.3 Å². The summed E-state index contributed by atoms with van der Waals surface area (Å²) in [5.41, 5.74) is -1.33. The molecule has 1 fully saturated rings. The Balaban J connectivity index is 1.52. The number of imidazole rings is 1. The number of carbonyl (C=O) groups excluding carboxylic acids is 2. The third-order valence-electron chi connectivity index (χ3n) is 9.85. The summed E-state index contributed by atoms with van der Waals surface area (Å²) >= 11 is 0. The number of aryl methyl sites for hydroxylation is 1. The summed E-state index contributed by atoms with van der Waals surface area (Å²) in [7, 11) is 3.32. The minimum atomic E-state index is -1.48. The minimum Gasteiger partial charge on any atom is -0.456 e. The van der Waals surface area contributed by atoms with Crippen molar-refractivity contribution in [1.29, 1.82) is 0 Å². The molecule has 5 rings (SSSR count). The van der Waals surface area contributed by atoms with Crippen molar-refractivity contribution in [3.8, 4) is 0 Å². The van der Waals surface area contributed by atoms with Crippen LogP contribution in [0.1, 0.15) is 46.7 Å². The standard InChI is InChI=1S/C35H48N2O11/c1-20(2)24-10-11-33(4,42)26-15-28(47-29(40)9-8-23-16-37(6)19-36-23)34(5)12-13-35(43-7,48-34)22(14-25(24)26)17-44-32-31(46-21(3)38)30(41)27(39)18-45-32/h8-14,16,19-20,24-28,30-32,39,41-42H,15,17-18H2,1-7H3. The molecule has 4 aliphatic rings. The van der Waals surface area contributed by atoms with Gasteiger partial charge in [-0.25, -0.2) is 9.78 Å². The average molecular weight is 673 g/mol. The Morgan fingerprint density at radius 1 is 1.19 bits per heavy atom. The summed E-state index contributed by atoms with van der Waals surface area (Å²) in [6.07, 6.45) is 9.87. The molecule has 48 heavy (non-hydrogen) atoms. The first-order valence-corrected chi connectivity index (χ1v) is 16.3. The van der Waals surface area contributed by atoms with Gasteiger partial charge in [-0.05, 0) is 56.3 Å². The second kappa shape index (κ2) is 14.0. The maximum Gasteiger partial charge on any atom is 0.331 e. The predicted octanol–water partition coefficient (Wildman–Crippen LogP) is 2.21. The molecule has 1 aromatic rings. The molecule has 13 heteroatoms. The fourth-order valence-electron chi connectivity index (χ4n) is 7.14. The fraction of sp³-hybridized carbons (Fsp3) is 0.629. The third-order valence-corrected chi connectivity index (χ3v) is 9.85. The van der Waals surface area contributed by atoms with Crippen molar-refractivity contribution in [2.75, 3.05) is 20.3 Å². The first-order valence-electron chi connectivity index (χ1n) is 16.3. The molecule has 264 valence electrons. The van der Waals surface area contributed by atoms with Crippen LogP contribution in [0.5, 0.6) is 0 Å². The van der Waals surface area contributed by atoms with Gasteiger partial charge in [0.25, 0.3) is 0 Å². The molecule has 3 N–H and O–H groups in total. The Hall–Kier alpha value is -3.17. The van der Waals surface area contributed by atoms with Crippen molar-refractivity contribution in [3.63, 3.8) is 0 Å². The van der Waals surface area contributed by atoms with E-state index in [1.54, 1.807) is 49.2 Å². The number of fused-ring (bicyclic) bond motifs is 3. The number of carbonyl (C=O) groups is 2. The van der Waals surface area contributed by atoms with Crippen LogP contribution in [0.15, 0.2) is 54.6 Å². The summed E-state index contributed by atoms with van der Waals surface area (Å²) in [5.74, 6) is -3.32. The average Bonchev–Trinajstić information content (AvgIpc) is 3.61. The van der Waals surface area contributed by atoms with Crippen LogP contribution in [0.4, 0.5) is 0 Å². The van der Waals surface area contributed by atoms with E-state index in [0.29, 0.717) is 11.3 Å². The molecule has 1 aliphatic carbocycles. The van der Waals surface area contributed by atoms with Gasteiger partial charge in [-0.15, -0.1) is 0 Å². The van der Waals surface area contributed by atoms with Crippen LogP contribution in [0.3, 0.4) is 0 Å². The van der Waals surface area contributed by atoms with Gasteiger partial charge < -0.3 is 48.3 Å². The quantitative estimate of drug-likeness (QED) is 0.199. The van der Waals surface area contributed by atoms with E-state index in [2.05, 4.69) is 18.8 Å². The van der Waals surface area contributed by atoms with Gasteiger partial charge in [0.2, 0.25) is 5.79 Å². The van der Waals surface area contributed by atoms with Crippen LogP contribution in [-0.4, -0.2) is 105 Å². The van der Waals surface area contributed by atoms with E-state index in [-0.39, 0.29) is 37.4 Å². The lowest BCUT2D eigenvalue weighted by Crippen LogP contribution is -2.55. The smallest absolute Gasteiger partial charge is 0.331 e. The number of methoxy groups -OCH3 is 1. The van der Waals surface area contributed by atoms with Crippen LogP contribution in [-0.2, 0) is 45.1 Å². The molecule has 1 saturated heterocycles. The van der Waals surface area contributed by atoms with Crippen molar-refractivity contribution in [2.45, 2.75) is 88.7 Å². The van der Waals surface area contributed by atoms with Crippen LogP contribution in [0.2, 0.25) is 0 Å². The van der Waals surface area contributed by atoms with Gasteiger partial charge >= 0.3 is 11.9 Å². The highest BCUT2D eigenvalue weighted by Crippen LogP contribution is 2.50. The molecule has 0 aromatic carbocycles. The lowest BCUT2D eigenvalue weighted by Gasteiger charge is -2.45. The number of aromatic nitrogens is 2. The van der Waals surface area contributed by atoms with Gasteiger partial charge in [0.05, 0.1) is 30.8 Å². The molecule has 11 atom stereocenters. The Morgan fingerprint density at radius 2 is 1.94 bits per heavy atom. The Kier molecular flexibility index (Phi) is 10.5. The molecular formula is C35H48N2O11.